The molecular weight excluding hydrogens is 304 g/mol. The molecule has 130 valence electrons. The highest BCUT2D eigenvalue weighted by Crippen LogP contribution is 2.19. The smallest absolute Gasteiger partial charge is 0.229 e. The van der Waals surface area contributed by atoms with Gasteiger partial charge in [0.1, 0.15) is 11.6 Å². The van der Waals surface area contributed by atoms with Crippen LogP contribution >= 0.6 is 0 Å². The predicted molar refractivity (Wildman–Crippen MR) is 97.3 cm³/mol. The van der Waals surface area contributed by atoms with Gasteiger partial charge in [0.25, 0.3) is 0 Å². The SMILES string of the molecule is CCN(CC)c1ccnc(Nc2ccc(OCCCOC)cc2)n1. The van der Waals surface area contributed by atoms with Crippen molar-refractivity contribution in [3.8, 4) is 5.75 Å². The Bertz CT molecular complexity index is 600. The molecule has 0 unspecified atom stereocenters. The first-order valence-electron chi connectivity index (χ1n) is 8.33. The first-order chi connectivity index (χ1) is 11.8. The number of aromatic nitrogens is 2. The van der Waals surface area contributed by atoms with Crippen molar-refractivity contribution >= 4 is 17.5 Å². The molecule has 1 N–H and O–H groups in total. The van der Waals surface area contributed by atoms with Crippen molar-refractivity contribution in [2.24, 2.45) is 0 Å². The zero-order valence-corrected chi connectivity index (χ0v) is 14.7. The summed E-state index contributed by atoms with van der Waals surface area (Å²) in [5.41, 5.74) is 0.927. The van der Waals surface area contributed by atoms with E-state index in [1.165, 1.54) is 0 Å². The quantitative estimate of drug-likeness (QED) is 0.673. The van der Waals surface area contributed by atoms with Crippen LogP contribution in [-0.4, -0.2) is 43.4 Å². The van der Waals surface area contributed by atoms with Gasteiger partial charge in [-0.3, -0.25) is 0 Å². The number of nitrogens with one attached hydrogen (secondary N) is 1. The van der Waals surface area contributed by atoms with Crippen LogP contribution in [0.1, 0.15) is 20.3 Å². The van der Waals surface area contributed by atoms with Crippen LogP contribution in [0.2, 0.25) is 0 Å². The summed E-state index contributed by atoms with van der Waals surface area (Å²) in [4.78, 5) is 11.0. The number of hydrogen-bond acceptors (Lipinski definition) is 6. The number of methoxy groups -OCH3 is 1. The number of ether oxygens (including phenoxy) is 2. The molecule has 1 aromatic heterocycles. The van der Waals surface area contributed by atoms with Crippen LogP contribution in [0.3, 0.4) is 0 Å². The molecule has 24 heavy (non-hydrogen) atoms. The average molecular weight is 330 g/mol. The summed E-state index contributed by atoms with van der Waals surface area (Å²) in [7, 11) is 1.69. The molecule has 0 bridgehead atoms. The van der Waals surface area contributed by atoms with E-state index in [9.17, 15) is 0 Å². The molecule has 0 aliphatic carbocycles. The minimum Gasteiger partial charge on any atom is -0.494 e. The highest BCUT2D eigenvalue weighted by Gasteiger charge is 2.05. The fraction of sp³-hybridized carbons (Fsp3) is 0.444. The van der Waals surface area contributed by atoms with Crippen molar-refractivity contribution in [1.29, 1.82) is 0 Å². The fourth-order valence-electron chi connectivity index (χ4n) is 2.29. The summed E-state index contributed by atoms with van der Waals surface area (Å²) in [5, 5.41) is 3.23. The van der Waals surface area contributed by atoms with Gasteiger partial charge in [0.2, 0.25) is 5.95 Å². The molecule has 0 aliphatic heterocycles. The zero-order valence-electron chi connectivity index (χ0n) is 14.7. The molecule has 0 fully saturated rings. The molecule has 0 aliphatic rings. The largest absolute Gasteiger partial charge is 0.494 e. The first kappa shape index (κ1) is 18.0. The fourth-order valence-corrected chi connectivity index (χ4v) is 2.29. The van der Waals surface area contributed by atoms with Crippen LogP contribution in [0.5, 0.6) is 5.75 Å². The van der Waals surface area contributed by atoms with Crippen LogP contribution in [0, 0.1) is 0 Å². The average Bonchev–Trinajstić information content (AvgIpc) is 2.62. The van der Waals surface area contributed by atoms with E-state index in [1.807, 2.05) is 30.3 Å². The molecule has 0 atom stereocenters. The Morgan fingerprint density at radius 1 is 1.04 bits per heavy atom. The summed E-state index contributed by atoms with van der Waals surface area (Å²) >= 11 is 0. The lowest BCUT2D eigenvalue weighted by Crippen LogP contribution is -2.23. The molecule has 6 heteroatoms. The van der Waals surface area contributed by atoms with Crippen molar-refractivity contribution in [1.82, 2.24) is 9.97 Å². The molecule has 0 saturated heterocycles. The Morgan fingerprint density at radius 2 is 1.79 bits per heavy atom. The Kier molecular flexibility index (Phi) is 7.29. The molecule has 0 amide bonds. The minimum absolute atomic E-state index is 0.591. The van der Waals surface area contributed by atoms with Crippen LogP contribution in [-0.2, 0) is 4.74 Å². The lowest BCUT2D eigenvalue weighted by Gasteiger charge is -2.19. The topological polar surface area (TPSA) is 59.5 Å². The number of hydrogen-bond donors (Lipinski definition) is 1. The summed E-state index contributed by atoms with van der Waals surface area (Å²) < 4.78 is 10.6. The summed E-state index contributed by atoms with van der Waals surface area (Å²) in [6.07, 6.45) is 2.65. The summed E-state index contributed by atoms with van der Waals surface area (Å²) in [5.74, 6) is 2.36. The van der Waals surface area contributed by atoms with Crippen molar-refractivity contribution in [3.63, 3.8) is 0 Å². The molecule has 0 radical (unpaired) electrons. The number of anilines is 3. The number of nitrogens with zero attached hydrogens (tertiary/aromatic N) is 3. The summed E-state index contributed by atoms with van der Waals surface area (Å²) in [6.45, 7) is 7.42. The first-order valence-corrected chi connectivity index (χ1v) is 8.33. The van der Waals surface area contributed by atoms with Gasteiger partial charge in [0.15, 0.2) is 0 Å². The molecular formula is C18H26N4O2. The Labute approximate surface area is 143 Å². The lowest BCUT2D eigenvalue weighted by molar-refractivity contribution is 0.172. The molecule has 1 aromatic carbocycles. The van der Waals surface area contributed by atoms with E-state index < -0.39 is 0 Å². The second-order valence-electron chi connectivity index (χ2n) is 5.25. The van der Waals surface area contributed by atoms with Gasteiger partial charge in [-0.05, 0) is 44.2 Å². The van der Waals surface area contributed by atoms with Crippen LogP contribution < -0.4 is 15.0 Å². The zero-order chi connectivity index (χ0) is 17.2. The van der Waals surface area contributed by atoms with Crippen LogP contribution in [0.4, 0.5) is 17.5 Å². The van der Waals surface area contributed by atoms with Gasteiger partial charge < -0.3 is 19.7 Å². The van der Waals surface area contributed by atoms with E-state index in [-0.39, 0.29) is 0 Å². The summed E-state index contributed by atoms with van der Waals surface area (Å²) in [6, 6.07) is 9.71. The van der Waals surface area contributed by atoms with E-state index in [4.69, 9.17) is 9.47 Å². The van der Waals surface area contributed by atoms with Gasteiger partial charge >= 0.3 is 0 Å². The van der Waals surface area contributed by atoms with Gasteiger partial charge in [-0.2, -0.15) is 4.98 Å². The van der Waals surface area contributed by atoms with E-state index in [0.717, 1.165) is 36.8 Å². The van der Waals surface area contributed by atoms with E-state index >= 15 is 0 Å². The lowest BCUT2D eigenvalue weighted by atomic mass is 10.3. The maximum Gasteiger partial charge on any atom is 0.229 e. The van der Waals surface area contributed by atoms with E-state index in [0.29, 0.717) is 19.2 Å². The van der Waals surface area contributed by atoms with Gasteiger partial charge in [0, 0.05) is 45.1 Å². The van der Waals surface area contributed by atoms with Crippen molar-refractivity contribution in [2.75, 3.05) is 43.6 Å². The molecule has 1 heterocycles. The minimum atomic E-state index is 0.591. The standard InChI is InChI=1S/C18H26N4O2/c1-4-22(5-2)17-11-12-19-18(21-17)20-15-7-9-16(10-8-15)24-14-6-13-23-3/h7-12H,4-6,13-14H2,1-3H3,(H,19,20,21). The van der Waals surface area contributed by atoms with Crippen molar-refractivity contribution < 1.29 is 9.47 Å². The number of benzene rings is 1. The number of rotatable bonds is 10. The monoisotopic (exact) mass is 330 g/mol. The molecule has 6 nitrogen and oxygen atoms in total. The van der Waals surface area contributed by atoms with Gasteiger partial charge in [-0.1, -0.05) is 0 Å². The maximum absolute atomic E-state index is 5.65. The highest BCUT2D eigenvalue weighted by atomic mass is 16.5. The Morgan fingerprint density at radius 3 is 2.46 bits per heavy atom. The third-order valence-electron chi connectivity index (χ3n) is 3.60. The van der Waals surface area contributed by atoms with Gasteiger partial charge in [0.05, 0.1) is 6.61 Å². The third-order valence-corrected chi connectivity index (χ3v) is 3.60. The molecule has 0 saturated carbocycles. The van der Waals surface area contributed by atoms with E-state index in [2.05, 4.69) is 34.0 Å². The Balaban J connectivity index is 1.95. The second kappa shape index (κ2) is 9.72. The van der Waals surface area contributed by atoms with E-state index in [1.54, 1.807) is 13.3 Å². The van der Waals surface area contributed by atoms with Crippen molar-refractivity contribution in [2.45, 2.75) is 20.3 Å². The molecule has 0 spiro atoms. The maximum atomic E-state index is 5.65. The highest BCUT2D eigenvalue weighted by molar-refractivity contribution is 5.56. The molecule has 2 aromatic rings. The van der Waals surface area contributed by atoms with Crippen LogP contribution in [0.25, 0.3) is 0 Å². The third kappa shape index (κ3) is 5.38. The predicted octanol–water partition coefficient (Wildman–Crippen LogP) is 3.48. The van der Waals surface area contributed by atoms with Gasteiger partial charge in [-0.15, -0.1) is 0 Å². The Hall–Kier alpha value is -2.34. The van der Waals surface area contributed by atoms with Gasteiger partial charge in [-0.25, -0.2) is 4.98 Å². The van der Waals surface area contributed by atoms with Crippen molar-refractivity contribution in [3.05, 3.63) is 36.5 Å². The second-order valence-corrected chi connectivity index (χ2v) is 5.25. The molecule has 2 rings (SSSR count). The normalized spacial score (nSPS) is 10.5. The van der Waals surface area contributed by atoms with Crippen LogP contribution in [0.15, 0.2) is 36.5 Å².